The summed E-state index contributed by atoms with van der Waals surface area (Å²) in [5.41, 5.74) is 0. The molecule has 0 bridgehead atoms. The highest BCUT2D eigenvalue weighted by Gasteiger charge is 2.19. The van der Waals surface area contributed by atoms with E-state index >= 15 is 0 Å². The predicted molar refractivity (Wildman–Crippen MR) is 70.9 cm³/mol. The Labute approximate surface area is 107 Å². The van der Waals surface area contributed by atoms with Crippen molar-refractivity contribution in [2.24, 2.45) is 0 Å². The van der Waals surface area contributed by atoms with E-state index in [2.05, 4.69) is 17.9 Å². The smallest absolute Gasteiger partial charge is 0.243 e. The second kappa shape index (κ2) is 7.97. The zero-order valence-corrected chi connectivity index (χ0v) is 11.1. The van der Waals surface area contributed by atoms with Gasteiger partial charge in [-0.05, 0) is 18.6 Å². The molecule has 0 amide bonds. The topological polar surface area (TPSA) is 66.4 Å². The fourth-order valence-electron chi connectivity index (χ4n) is 0.982. The van der Waals surface area contributed by atoms with E-state index in [1.165, 1.54) is 12.2 Å². The highest BCUT2D eigenvalue weighted by atomic mass is 32.2. The second-order valence-electron chi connectivity index (χ2n) is 3.43. The monoisotopic (exact) mass is 275 g/mol. The first-order valence-corrected chi connectivity index (χ1v) is 6.86. The van der Waals surface area contributed by atoms with Gasteiger partial charge in [-0.1, -0.05) is 32.2 Å². The van der Waals surface area contributed by atoms with Crippen molar-refractivity contribution in [1.29, 1.82) is 0 Å². The third kappa shape index (κ3) is 5.39. The van der Waals surface area contributed by atoms with E-state index in [0.29, 0.717) is 6.42 Å². The van der Waals surface area contributed by atoms with Crippen LogP contribution >= 0.6 is 0 Å². The summed E-state index contributed by atoms with van der Waals surface area (Å²) in [7, 11) is -4.02. The van der Waals surface area contributed by atoms with Crippen molar-refractivity contribution in [2.75, 3.05) is 6.54 Å². The molecule has 0 radical (unpaired) electrons. The lowest BCUT2D eigenvalue weighted by Crippen LogP contribution is -2.32. The van der Waals surface area contributed by atoms with Crippen LogP contribution in [0.15, 0.2) is 48.2 Å². The van der Waals surface area contributed by atoms with Crippen LogP contribution in [0.25, 0.3) is 0 Å². The van der Waals surface area contributed by atoms with E-state index in [1.807, 2.05) is 0 Å². The predicted octanol–water partition coefficient (Wildman–Crippen LogP) is 1.79. The Balaban J connectivity index is 5.18. The van der Waals surface area contributed by atoms with Crippen molar-refractivity contribution in [3.63, 3.8) is 0 Å². The van der Waals surface area contributed by atoms with E-state index in [-0.39, 0.29) is 6.54 Å². The normalized spacial score (nSPS) is 15.3. The summed E-state index contributed by atoms with van der Waals surface area (Å²) in [4.78, 5) is -0.541. The van der Waals surface area contributed by atoms with Crippen LogP contribution in [0.5, 0.6) is 0 Å². The lowest BCUT2D eigenvalue weighted by Gasteiger charge is -2.11. The van der Waals surface area contributed by atoms with Gasteiger partial charge in [-0.15, -0.1) is 0 Å². The van der Waals surface area contributed by atoms with Gasteiger partial charge < -0.3 is 5.11 Å². The number of aliphatic hydroxyl groups excluding tert-OH is 1. The first-order chi connectivity index (χ1) is 8.38. The number of rotatable bonds is 8. The van der Waals surface area contributed by atoms with Crippen LogP contribution in [-0.2, 0) is 10.0 Å². The van der Waals surface area contributed by atoms with Gasteiger partial charge in [-0.3, -0.25) is 0 Å². The first-order valence-electron chi connectivity index (χ1n) is 5.38. The quantitative estimate of drug-likeness (QED) is 0.664. The fraction of sp³-hybridized carbons (Fsp3) is 0.333. The molecule has 6 heteroatoms. The molecular weight excluding hydrogens is 257 g/mol. The molecular formula is C12H18FNO3S. The molecule has 0 aromatic rings. The maximum atomic E-state index is 13.4. The Hall–Kier alpha value is -1.24. The second-order valence-corrected chi connectivity index (χ2v) is 5.16. The summed E-state index contributed by atoms with van der Waals surface area (Å²) in [5, 5.41) is 9.28. The summed E-state index contributed by atoms with van der Waals surface area (Å²) in [6.07, 6.45) is 4.09. The maximum Gasteiger partial charge on any atom is 0.243 e. The molecule has 0 aliphatic rings. The van der Waals surface area contributed by atoms with Gasteiger partial charge in [0.25, 0.3) is 0 Å². The minimum atomic E-state index is -4.02. The van der Waals surface area contributed by atoms with Crippen LogP contribution in [0.4, 0.5) is 4.39 Å². The average Bonchev–Trinajstić information content (AvgIpc) is 2.35. The Morgan fingerprint density at radius 3 is 2.56 bits per heavy atom. The van der Waals surface area contributed by atoms with Gasteiger partial charge in [0.05, 0.1) is 6.10 Å². The molecule has 0 aliphatic carbocycles. The summed E-state index contributed by atoms with van der Waals surface area (Å²) in [6, 6.07) is 0. The third-order valence-electron chi connectivity index (χ3n) is 2.07. The third-order valence-corrected chi connectivity index (χ3v) is 3.52. The molecule has 0 aromatic carbocycles. The Morgan fingerprint density at radius 2 is 2.11 bits per heavy atom. The largest absolute Gasteiger partial charge is 0.392 e. The van der Waals surface area contributed by atoms with Gasteiger partial charge in [0.2, 0.25) is 10.0 Å². The molecule has 0 aliphatic heterocycles. The van der Waals surface area contributed by atoms with Crippen LogP contribution in [-0.4, -0.2) is 26.2 Å². The number of allylic oxidation sites excluding steroid dienone is 5. The van der Waals surface area contributed by atoms with Gasteiger partial charge in [-0.25, -0.2) is 17.5 Å². The van der Waals surface area contributed by atoms with Crippen molar-refractivity contribution in [3.05, 3.63) is 48.2 Å². The van der Waals surface area contributed by atoms with Crippen molar-refractivity contribution in [1.82, 2.24) is 4.72 Å². The van der Waals surface area contributed by atoms with Gasteiger partial charge in [0, 0.05) is 6.54 Å². The van der Waals surface area contributed by atoms with Crippen molar-refractivity contribution in [3.8, 4) is 0 Å². The van der Waals surface area contributed by atoms with Gasteiger partial charge in [-0.2, -0.15) is 0 Å². The van der Waals surface area contributed by atoms with E-state index in [9.17, 15) is 17.9 Å². The van der Waals surface area contributed by atoms with E-state index < -0.39 is 26.9 Å². The zero-order valence-electron chi connectivity index (χ0n) is 10.3. The van der Waals surface area contributed by atoms with E-state index in [0.717, 1.165) is 12.2 Å². The first kappa shape index (κ1) is 16.8. The molecule has 0 aromatic heterocycles. The van der Waals surface area contributed by atoms with Crippen LogP contribution < -0.4 is 4.72 Å². The molecule has 4 nitrogen and oxygen atoms in total. The lowest BCUT2D eigenvalue weighted by atomic mass is 10.3. The summed E-state index contributed by atoms with van der Waals surface area (Å²) in [6.45, 7) is 8.09. The minimum absolute atomic E-state index is 0.172. The minimum Gasteiger partial charge on any atom is -0.392 e. The van der Waals surface area contributed by atoms with Gasteiger partial charge in [0.1, 0.15) is 10.7 Å². The number of hydrogen-bond acceptors (Lipinski definition) is 3. The van der Waals surface area contributed by atoms with Gasteiger partial charge in [0.15, 0.2) is 0 Å². The van der Waals surface area contributed by atoms with Crippen LogP contribution in [0.1, 0.15) is 13.3 Å². The molecule has 0 spiro atoms. The molecule has 102 valence electrons. The zero-order chi connectivity index (χ0) is 14.2. The van der Waals surface area contributed by atoms with Crippen molar-refractivity contribution < 1.29 is 17.9 Å². The van der Waals surface area contributed by atoms with E-state index in [4.69, 9.17) is 0 Å². The van der Waals surface area contributed by atoms with Crippen LogP contribution in [0, 0.1) is 0 Å². The number of nitrogens with one attached hydrogen (secondary N) is 1. The maximum absolute atomic E-state index is 13.4. The standard InChI is InChI=1S/C12H18FNO3S/c1-4-7-8-12(11(13)6-3)18(16,17)14-9-10(15)5-2/h4,6-8,10,14-15H,1,3,5,9H2,2H3/b8-7-,12-11-/t10-/m1/s1. The average molecular weight is 275 g/mol. The van der Waals surface area contributed by atoms with Crippen LogP contribution in [0.2, 0.25) is 0 Å². The molecule has 1 atom stereocenters. The molecule has 0 fully saturated rings. The molecule has 0 heterocycles. The molecule has 0 unspecified atom stereocenters. The number of halogens is 1. The number of sulfonamides is 1. The number of aliphatic hydroxyl groups is 1. The fourth-order valence-corrected chi connectivity index (χ4v) is 2.15. The lowest BCUT2D eigenvalue weighted by molar-refractivity contribution is 0.174. The molecule has 0 saturated carbocycles. The van der Waals surface area contributed by atoms with Gasteiger partial charge >= 0.3 is 0 Å². The SMILES string of the molecule is C=C/C=C\C(=C(\F)C=C)S(=O)(=O)NC[C@H](O)CC. The molecule has 2 N–H and O–H groups in total. The Morgan fingerprint density at radius 1 is 1.50 bits per heavy atom. The highest BCUT2D eigenvalue weighted by Crippen LogP contribution is 2.15. The molecule has 0 rings (SSSR count). The van der Waals surface area contributed by atoms with E-state index in [1.54, 1.807) is 6.92 Å². The Bertz CT molecular complexity index is 452. The highest BCUT2D eigenvalue weighted by molar-refractivity contribution is 7.93. The summed E-state index contributed by atoms with van der Waals surface area (Å²) in [5.74, 6) is -0.966. The summed E-state index contributed by atoms with van der Waals surface area (Å²) < 4.78 is 39.1. The molecule has 0 saturated heterocycles. The van der Waals surface area contributed by atoms with Crippen molar-refractivity contribution >= 4 is 10.0 Å². The van der Waals surface area contributed by atoms with Crippen LogP contribution in [0.3, 0.4) is 0 Å². The molecule has 18 heavy (non-hydrogen) atoms. The van der Waals surface area contributed by atoms with Crippen molar-refractivity contribution in [2.45, 2.75) is 19.4 Å². The number of hydrogen-bond donors (Lipinski definition) is 2. The Kier molecular flexibility index (Phi) is 7.42. The summed E-state index contributed by atoms with van der Waals surface area (Å²) >= 11 is 0.